The van der Waals surface area contributed by atoms with E-state index in [0.717, 1.165) is 61.5 Å². The van der Waals surface area contributed by atoms with Crippen molar-refractivity contribution in [2.24, 2.45) is 0 Å². The summed E-state index contributed by atoms with van der Waals surface area (Å²) in [6.07, 6.45) is 0. The van der Waals surface area contributed by atoms with E-state index in [4.69, 9.17) is 9.40 Å². The van der Waals surface area contributed by atoms with Gasteiger partial charge in [0.1, 0.15) is 5.52 Å². The van der Waals surface area contributed by atoms with E-state index < -0.39 is 5.41 Å². The largest absolute Gasteiger partial charge is 0.436 e. The van der Waals surface area contributed by atoms with Gasteiger partial charge in [-0.2, -0.15) is 0 Å². The van der Waals surface area contributed by atoms with Crippen LogP contribution in [0.4, 0.5) is 17.1 Å². The Kier molecular flexibility index (Phi) is 9.39. The first kappa shape index (κ1) is 38.2. The lowest BCUT2D eigenvalue weighted by Crippen LogP contribution is -2.28. The Morgan fingerprint density at radius 1 is 0.323 bits per heavy atom. The number of hydrogen-bond acceptors (Lipinski definition) is 3. The second kappa shape index (κ2) is 16.0. The molecule has 0 saturated carbocycles. The monoisotopic (exact) mass is 830 g/mol. The molecule has 1 aliphatic rings. The van der Waals surface area contributed by atoms with Gasteiger partial charge in [-0.25, -0.2) is 4.98 Å². The van der Waals surface area contributed by atoms with Crippen molar-refractivity contribution in [1.82, 2.24) is 4.98 Å². The molecule has 0 unspecified atom stereocenters. The second-order valence-corrected chi connectivity index (χ2v) is 16.7. The highest BCUT2D eigenvalue weighted by molar-refractivity contribution is 5.92. The van der Waals surface area contributed by atoms with Gasteiger partial charge in [-0.15, -0.1) is 0 Å². The molecular weight excluding hydrogens is 789 g/mol. The topological polar surface area (TPSA) is 29.3 Å². The van der Waals surface area contributed by atoms with E-state index in [1.54, 1.807) is 0 Å². The molecule has 1 aromatic heterocycles. The Labute approximate surface area is 379 Å². The quantitative estimate of drug-likeness (QED) is 0.145. The first-order valence-electron chi connectivity index (χ1n) is 22.2. The summed E-state index contributed by atoms with van der Waals surface area (Å²) in [5.74, 6) is 0.589. The van der Waals surface area contributed by atoms with Gasteiger partial charge < -0.3 is 9.32 Å². The van der Waals surface area contributed by atoms with Crippen molar-refractivity contribution in [1.29, 1.82) is 0 Å². The van der Waals surface area contributed by atoms with Crippen LogP contribution in [0.5, 0.6) is 0 Å². The molecule has 0 bridgehead atoms. The molecule has 1 heterocycles. The number of hydrogen-bond donors (Lipinski definition) is 0. The van der Waals surface area contributed by atoms with E-state index in [9.17, 15) is 0 Å². The van der Waals surface area contributed by atoms with Gasteiger partial charge in [-0.1, -0.05) is 194 Å². The van der Waals surface area contributed by atoms with Gasteiger partial charge in [-0.05, 0) is 127 Å². The third-order valence-electron chi connectivity index (χ3n) is 13.0. The standard InChI is InChI=1S/C62H42N2O/c1-6-18-43(19-7-1)46-30-32-47(33-31-46)61-63-59-42-53(35-37-60(59)65-61)64(54-39-48(44-20-8-2-9-21-44)38-49(40-54)45-22-10-3-11-23-45)52-34-36-56-55-28-16-17-29-57(55)62(58(56)41-52,50-24-12-4-13-25-50)51-26-14-5-15-27-51/h1-42H. The summed E-state index contributed by atoms with van der Waals surface area (Å²) in [6, 6.07) is 91.5. The molecule has 12 rings (SSSR count). The smallest absolute Gasteiger partial charge is 0.227 e. The van der Waals surface area contributed by atoms with Crippen LogP contribution in [-0.2, 0) is 5.41 Å². The Bertz CT molecular complexity index is 3360. The number of fused-ring (bicyclic) bond motifs is 4. The van der Waals surface area contributed by atoms with Gasteiger partial charge in [0.05, 0.1) is 5.41 Å². The molecule has 0 spiro atoms. The minimum Gasteiger partial charge on any atom is -0.436 e. The van der Waals surface area contributed by atoms with Crippen molar-refractivity contribution in [3.8, 4) is 56.0 Å². The van der Waals surface area contributed by atoms with Crippen LogP contribution in [0.1, 0.15) is 22.3 Å². The summed E-state index contributed by atoms with van der Waals surface area (Å²) in [7, 11) is 0. The fourth-order valence-electron chi connectivity index (χ4n) is 9.97. The van der Waals surface area contributed by atoms with Crippen LogP contribution in [0.3, 0.4) is 0 Å². The zero-order valence-corrected chi connectivity index (χ0v) is 35.6. The molecule has 306 valence electrons. The van der Waals surface area contributed by atoms with E-state index in [1.807, 2.05) is 6.07 Å². The lowest BCUT2D eigenvalue weighted by Gasteiger charge is -2.35. The van der Waals surface area contributed by atoms with Crippen molar-refractivity contribution >= 4 is 28.2 Å². The summed E-state index contributed by atoms with van der Waals surface area (Å²) in [5, 5.41) is 0. The van der Waals surface area contributed by atoms with Gasteiger partial charge in [0.25, 0.3) is 0 Å². The average Bonchev–Trinajstić information content (AvgIpc) is 3.95. The van der Waals surface area contributed by atoms with E-state index in [0.29, 0.717) is 5.89 Å². The predicted octanol–water partition coefficient (Wildman–Crippen LogP) is 16.3. The average molecular weight is 831 g/mol. The molecule has 0 aliphatic heterocycles. The van der Waals surface area contributed by atoms with Gasteiger partial charge in [0, 0.05) is 22.6 Å². The van der Waals surface area contributed by atoms with Crippen LogP contribution in [0.2, 0.25) is 0 Å². The van der Waals surface area contributed by atoms with Crippen LogP contribution in [0.15, 0.2) is 259 Å². The third kappa shape index (κ3) is 6.65. The summed E-state index contributed by atoms with van der Waals surface area (Å²) < 4.78 is 6.49. The van der Waals surface area contributed by atoms with Crippen LogP contribution in [0.25, 0.3) is 67.1 Å². The third-order valence-corrected chi connectivity index (χ3v) is 13.0. The van der Waals surface area contributed by atoms with Crippen LogP contribution < -0.4 is 4.90 Å². The van der Waals surface area contributed by atoms with Crippen LogP contribution in [-0.4, -0.2) is 4.98 Å². The van der Waals surface area contributed by atoms with Crippen LogP contribution >= 0.6 is 0 Å². The van der Waals surface area contributed by atoms with E-state index in [2.05, 4.69) is 254 Å². The Hall–Kier alpha value is -8.53. The van der Waals surface area contributed by atoms with Crippen molar-refractivity contribution in [3.05, 3.63) is 277 Å². The van der Waals surface area contributed by atoms with E-state index >= 15 is 0 Å². The number of nitrogens with zero attached hydrogens (tertiary/aromatic N) is 2. The first-order valence-corrected chi connectivity index (χ1v) is 22.2. The minimum absolute atomic E-state index is 0.557. The molecule has 0 radical (unpaired) electrons. The Morgan fingerprint density at radius 2 is 0.785 bits per heavy atom. The summed E-state index contributed by atoms with van der Waals surface area (Å²) >= 11 is 0. The summed E-state index contributed by atoms with van der Waals surface area (Å²) in [5.41, 5.74) is 19.3. The number of anilines is 3. The zero-order valence-electron chi connectivity index (χ0n) is 35.6. The maximum absolute atomic E-state index is 6.49. The first-order chi connectivity index (χ1) is 32.2. The van der Waals surface area contributed by atoms with Gasteiger partial charge in [0.15, 0.2) is 5.58 Å². The Morgan fingerprint density at radius 3 is 1.38 bits per heavy atom. The molecule has 0 fully saturated rings. The number of aromatic nitrogens is 1. The molecule has 0 amide bonds. The molecule has 11 aromatic rings. The molecule has 1 aliphatic carbocycles. The lowest BCUT2D eigenvalue weighted by molar-refractivity contribution is 0.620. The maximum Gasteiger partial charge on any atom is 0.227 e. The van der Waals surface area contributed by atoms with Gasteiger partial charge >= 0.3 is 0 Å². The minimum atomic E-state index is -0.557. The van der Waals surface area contributed by atoms with Crippen molar-refractivity contribution in [2.45, 2.75) is 5.41 Å². The van der Waals surface area contributed by atoms with E-state index in [1.165, 1.54) is 38.9 Å². The fourth-order valence-corrected chi connectivity index (χ4v) is 9.97. The predicted molar refractivity (Wildman–Crippen MR) is 268 cm³/mol. The molecule has 3 heteroatoms. The van der Waals surface area contributed by atoms with Gasteiger partial charge in [0.2, 0.25) is 5.89 Å². The van der Waals surface area contributed by atoms with E-state index in [-0.39, 0.29) is 0 Å². The molecule has 0 atom stereocenters. The molecule has 0 N–H and O–H groups in total. The highest BCUT2D eigenvalue weighted by Crippen LogP contribution is 2.57. The summed E-state index contributed by atoms with van der Waals surface area (Å²) in [4.78, 5) is 7.53. The Balaban J connectivity index is 1.08. The molecule has 3 nitrogen and oxygen atoms in total. The normalized spacial score (nSPS) is 12.4. The number of rotatable bonds is 9. The fraction of sp³-hybridized carbons (Fsp3) is 0.0161. The summed E-state index contributed by atoms with van der Waals surface area (Å²) in [6.45, 7) is 0. The lowest BCUT2D eigenvalue weighted by atomic mass is 9.67. The number of benzene rings is 10. The van der Waals surface area contributed by atoms with Crippen molar-refractivity contribution < 1.29 is 4.42 Å². The van der Waals surface area contributed by atoms with Crippen molar-refractivity contribution in [3.63, 3.8) is 0 Å². The molecule has 10 aromatic carbocycles. The molecule has 0 saturated heterocycles. The van der Waals surface area contributed by atoms with Crippen LogP contribution in [0, 0.1) is 0 Å². The van der Waals surface area contributed by atoms with Gasteiger partial charge in [-0.3, -0.25) is 0 Å². The zero-order chi connectivity index (χ0) is 43.2. The molecule has 65 heavy (non-hydrogen) atoms. The highest BCUT2D eigenvalue weighted by Gasteiger charge is 2.46. The number of oxazole rings is 1. The SMILES string of the molecule is c1ccc(-c2ccc(-c3nc4cc(N(c5cc(-c6ccccc6)cc(-c6ccccc6)c5)c5ccc6c(c5)C(c5ccccc5)(c5ccccc5)c5ccccc5-6)ccc4o3)cc2)cc1. The second-order valence-electron chi connectivity index (χ2n) is 16.7. The maximum atomic E-state index is 6.49. The highest BCUT2D eigenvalue weighted by atomic mass is 16.3. The van der Waals surface area contributed by atoms with Crippen molar-refractivity contribution in [2.75, 3.05) is 4.90 Å². The molecular formula is C62H42N2O.